The van der Waals surface area contributed by atoms with Crippen LogP contribution in [0.4, 0.5) is 4.39 Å². The fourth-order valence-corrected chi connectivity index (χ4v) is 3.69. The van der Waals surface area contributed by atoms with Crippen LogP contribution < -0.4 is 10.1 Å². The lowest BCUT2D eigenvalue weighted by molar-refractivity contribution is -0.124. The monoisotopic (exact) mass is 456 g/mol. The second-order valence-corrected chi connectivity index (χ2v) is 9.41. The Morgan fingerprint density at radius 2 is 1.56 bits per heavy atom. The van der Waals surface area contributed by atoms with Gasteiger partial charge in [-0.3, -0.25) is 4.79 Å². The molecule has 0 aliphatic heterocycles. The topological polar surface area (TPSA) is 75.7 Å². The van der Waals surface area contributed by atoms with Crippen LogP contribution in [0.25, 0.3) is 0 Å². The first-order valence-electron chi connectivity index (χ1n) is 9.96. The molecule has 1 atom stereocenters. The molecule has 0 bridgehead atoms. The van der Waals surface area contributed by atoms with Gasteiger partial charge in [0.05, 0.1) is 6.26 Å². The van der Waals surface area contributed by atoms with E-state index in [4.69, 9.17) is 4.74 Å². The number of rotatable bonds is 9. The van der Waals surface area contributed by atoms with Crippen molar-refractivity contribution in [2.45, 2.75) is 19.2 Å². The van der Waals surface area contributed by atoms with Crippen molar-refractivity contribution in [3.63, 3.8) is 0 Å². The van der Waals surface area contributed by atoms with Crippen LogP contribution in [0.2, 0.25) is 0 Å². The Labute approximate surface area is 187 Å². The van der Waals surface area contributed by atoms with E-state index in [0.29, 0.717) is 17.9 Å². The van der Waals surface area contributed by atoms with E-state index in [1.807, 2.05) is 12.1 Å². The zero-order chi connectivity index (χ0) is 23.1. The summed E-state index contributed by atoms with van der Waals surface area (Å²) >= 11 is 0. The number of ether oxygens (including phenoxy) is 1. The molecule has 0 heterocycles. The van der Waals surface area contributed by atoms with Crippen molar-refractivity contribution in [2.24, 2.45) is 0 Å². The fraction of sp³-hybridized carbons (Fsp3) is 0.208. The summed E-state index contributed by atoms with van der Waals surface area (Å²) < 4.78 is 43.8. The van der Waals surface area contributed by atoms with Crippen LogP contribution in [-0.2, 0) is 28.0 Å². The van der Waals surface area contributed by atoms with Gasteiger partial charge in [0, 0.05) is 13.6 Å². The third-order valence-corrected chi connectivity index (χ3v) is 6.22. The highest BCUT2D eigenvalue weighted by Gasteiger charge is 2.30. The summed E-state index contributed by atoms with van der Waals surface area (Å²) in [6, 6.07) is 21.1. The molecule has 8 heteroatoms. The van der Waals surface area contributed by atoms with Gasteiger partial charge in [-0.15, -0.1) is 0 Å². The van der Waals surface area contributed by atoms with Gasteiger partial charge in [0.1, 0.15) is 24.2 Å². The van der Waals surface area contributed by atoms with Crippen LogP contribution in [0.5, 0.6) is 5.75 Å². The summed E-state index contributed by atoms with van der Waals surface area (Å²) in [5.41, 5.74) is 2.27. The number of nitrogens with zero attached hydrogens (tertiary/aromatic N) is 1. The Morgan fingerprint density at radius 3 is 2.16 bits per heavy atom. The first-order valence-corrected chi connectivity index (χ1v) is 11.8. The average molecular weight is 457 g/mol. The molecule has 0 aromatic heterocycles. The number of likely N-dealkylation sites (N-methyl/N-ethyl adjacent to an activating group) is 1. The van der Waals surface area contributed by atoms with E-state index in [9.17, 15) is 17.6 Å². The zero-order valence-corrected chi connectivity index (χ0v) is 18.7. The first-order chi connectivity index (χ1) is 15.2. The maximum Gasteiger partial charge on any atom is 0.243 e. The molecule has 6 nitrogen and oxygen atoms in total. The van der Waals surface area contributed by atoms with Crippen molar-refractivity contribution >= 4 is 15.9 Å². The van der Waals surface area contributed by atoms with Crippen LogP contribution in [0.1, 0.15) is 22.7 Å². The predicted molar refractivity (Wildman–Crippen MR) is 121 cm³/mol. The number of benzene rings is 3. The molecule has 3 aromatic carbocycles. The largest absolute Gasteiger partial charge is 0.489 e. The number of carbonyl (C=O) groups excluding carboxylic acids is 1. The van der Waals surface area contributed by atoms with Gasteiger partial charge in [0.25, 0.3) is 0 Å². The molecule has 0 spiro atoms. The normalized spacial score (nSPS) is 12.4. The fourth-order valence-electron chi connectivity index (χ4n) is 3.09. The summed E-state index contributed by atoms with van der Waals surface area (Å²) in [4.78, 5) is 12.9. The molecule has 0 aliphatic carbocycles. The Hall–Kier alpha value is -3.23. The van der Waals surface area contributed by atoms with E-state index < -0.39 is 22.0 Å². The van der Waals surface area contributed by atoms with Crippen molar-refractivity contribution < 1.29 is 22.3 Å². The summed E-state index contributed by atoms with van der Waals surface area (Å²) in [6.45, 7) is 0.547. The molecule has 1 amide bonds. The van der Waals surface area contributed by atoms with Gasteiger partial charge in [0.15, 0.2) is 0 Å². The van der Waals surface area contributed by atoms with Crippen LogP contribution >= 0.6 is 0 Å². The molecule has 1 unspecified atom stereocenters. The van der Waals surface area contributed by atoms with Gasteiger partial charge in [0.2, 0.25) is 15.9 Å². The minimum absolute atomic E-state index is 0.234. The lowest BCUT2D eigenvalue weighted by Crippen LogP contribution is -2.41. The average Bonchev–Trinajstić information content (AvgIpc) is 2.78. The minimum atomic E-state index is -3.58. The molecule has 0 saturated carbocycles. The highest BCUT2D eigenvalue weighted by atomic mass is 32.2. The predicted octanol–water partition coefficient (Wildman–Crippen LogP) is 3.65. The molecule has 0 saturated heterocycles. The van der Waals surface area contributed by atoms with E-state index in [0.717, 1.165) is 21.7 Å². The zero-order valence-electron chi connectivity index (χ0n) is 17.9. The maximum absolute atomic E-state index is 13.0. The van der Waals surface area contributed by atoms with Gasteiger partial charge in [-0.1, -0.05) is 54.6 Å². The lowest BCUT2D eigenvalue weighted by atomic mass is 10.1. The van der Waals surface area contributed by atoms with Crippen LogP contribution in [0.3, 0.4) is 0 Å². The molecule has 3 rings (SSSR count). The van der Waals surface area contributed by atoms with E-state index >= 15 is 0 Å². The van der Waals surface area contributed by atoms with Gasteiger partial charge in [-0.25, -0.2) is 12.8 Å². The van der Waals surface area contributed by atoms with Crippen molar-refractivity contribution in [1.82, 2.24) is 9.62 Å². The van der Waals surface area contributed by atoms with Crippen molar-refractivity contribution in [3.8, 4) is 5.75 Å². The summed E-state index contributed by atoms with van der Waals surface area (Å²) in [7, 11) is -2.19. The molecule has 1 N–H and O–H groups in total. The van der Waals surface area contributed by atoms with Crippen LogP contribution in [-0.4, -0.2) is 31.9 Å². The van der Waals surface area contributed by atoms with E-state index in [1.54, 1.807) is 54.6 Å². The Balaban J connectivity index is 1.61. The van der Waals surface area contributed by atoms with Gasteiger partial charge in [-0.05, 0) is 41.0 Å². The molecule has 3 aromatic rings. The molecular formula is C24H25FN2O4S. The smallest absolute Gasteiger partial charge is 0.243 e. The number of nitrogens with one attached hydrogen (secondary N) is 1. The van der Waals surface area contributed by atoms with Crippen molar-refractivity contribution in [2.75, 3.05) is 13.3 Å². The molecular weight excluding hydrogens is 431 g/mol. The van der Waals surface area contributed by atoms with Gasteiger partial charge < -0.3 is 10.1 Å². The second-order valence-electron chi connectivity index (χ2n) is 7.37. The number of carbonyl (C=O) groups is 1. The standard InChI is InChI=1S/C24H25FN2O4S/c1-27(32(2,29)30)23(20-6-4-3-5-7-20)24(28)26-16-18-10-14-22(15-11-18)31-17-19-8-12-21(25)13-9-19/h3-15,23H,16-17H2,1-2H3,(H,26,28). The Kier molecular flexibility index (Phi) is 7.61. The molecule has 0 aliphatic rings. The summed E-state index contributed by atoms with van der Waals surface area (Å²) in [5.74, 6) is -0.0680. The Bertz CT molecular complexity index is 1130. The minimum Gasteiger partial charge on any atom is -0.489 e. The highest BCUT2D eigenvalue weighted by Crippen LogP contribution is 2.22. The lowest BCUT2D eigenvalue weighted by Gasteiger charge is -2.25. The van der Waals surface area contributed by atoms with Gasteiger partial charge >= 0.3 is 0 Å². The van der Waals surface area contributed by atoms with Crippen molar-refractivity contribution in [1.29, 1.82) is 0 Å². The second kappa shape index (κ2) is 10.4. The molecule has 0 fully saturated rings. The summed E-state index contributed by atoms with van der Waals surface area (Å²) in [5, 5.41) is 2.81. The third kappa shape index (κ3) is 6.38. The third-order valence-electron chi connectivity index (χ3n) is 4.96. The van der Waals surface area contributed by atoms with E-state index in [-0.39, 0.29) is 12.4 Å². The number of sulfonamides is 1. The number of halogens is 1. The quantitative estimate of drug-likeness (QED) is 0.533. The number of amides is 1. The van der Waals surface area contributed by atoms with E-state index in [1.165, 1.54) is 19.2 Å². The molecule has 0 radical (unpaired) electrons. The number of hydrogen-bond acceptors (Lipinski definition) is 4. The number of hydrogen-bond donors (Lipinski definition) is 1. The molecule has 168 valence electrons. The Morgan fingerprint density at radius 1 is 0.969 bits per heavy atom. The van der Waals surface area contributed by atoms with Crippen molar-refractivity contribution in [3.05, 3.63) is 101 Å². The van der Waals surface area contributed by atoms with Gasteiger partial charge in [-0.2, -0.15) is 4.31 Å². The summed E-state index contributed by atoms with van der Waals surface area (Å²) in [6.07, 6.45) is 1.07. The van der Waals surface area contributed by atoms with Crippen LogP contribution in [0, 0.1) is 5.82 Å². The van der Waals surface area contributed by atoms with E-state index in [2.05, 4.69) is 5.32 Å². The van der Waals surface area contributed by atoms with Crippen LogP contribution in [0.15, 0.2) is 78.9 Å². The highest BCUT2D eigenvalue weighted by molar-refractivity contribution is 7.88. The maximum atomic E-state index is 13.0. The SMILES string of the molecule is CN(C(C(=O)NCc1ccc(OCc2ccc(F)cc2)cc1)c1ccccc1)S(C)(=O)=O. The first kappa shape index (κ1) is 23.4. The molecule has 32 heavy (non-hydrogen) atoms.